The summed E-state index contributed by atoms with van der Waals surface area (Å²) in [5, 5.41) is 5.18. The lowest BCUT2D eigenvalue weighted by atomic mass is 9.49. The van der Waals surface area contributed by atoms with Gasteiger partial charge >= 0.3 is 0 Å². The van der Waals surface area contributed by atoms with E-state index in [1.165, 1.54) is 69.1 Å². The number of carbonyl (C=O) groups excluding carboxylic acids is 1. The SMILES string of the molecule is C=C1CC[C@@H]2C3CC[C@@]4(C)C(CC[C@@H]4C(=O)Cn4ncc5cc(F)ccc54)[C@@H]3CC[C@@H]2C1. The fourth-order valence-electron chi connectivity index (χ4n) is 8.75. The molecule has 0 saturated heterocycles. The Morgan fingerprint density at radius 2 is 2.03 bits per heavy atom. The number of aromatic nitrogens is 2. The van der Waals surface area contributed by atoms with E-state index in [2.05, 4.69) is 18.6 Å². The first-order valence-corrected chi connectivity index (χ1v) is 12.7. The summed E-state index contributed by atoms with van der Waals surface area (Å²) in [4.78, 5) is 13.6. The molecule has 0 spiro atoms. The van der Waals surface area contributed by atoms with Crippen molar-refractivity contribution >= 4 is 16.7 Å². The smallest absolute Gasteiger partial charge is 0.157 e. The number of Topliss-reactive ketones (excluding diaryl/α,β-unsaturated/α-hetero) is 1. The quantitative estimate of drug-likeness (QED) is 0.512. The van der Waals surface area contributed by atoms with Crippen LogP contribution in [0.2, 0.25) is 0 Å². The lowest BCUT2D eigenvalue weighted by molar-refractivity contribution is -0.130. The highest BCUT2D eigenvalue weighted by Gasteiger charge is 2.58. The lowest BCUT2D eigenvalue weighted by Crippen LogP contribution is -2.49. The third-order valence-electron chi connectivity index (χ3n) is 10.2. The number of benzene rings is 1. The van der Waals surface area contributed by atoms with Gasteiger partial charge in [0.05, 0.1) is 11.7 Å². The summed E-state index contributed by atoms with van der Waals surface area (Å²) in [6.07, 6.45) is 13.0. The van der Waals surface area contributed by atoms with Crippen LogP contribution in [0, 0.1) is 46.7 Å². The molecule has 0 radical (unpaired) electrons. The molecule has 3 nitrogen and oxygen atoms in total. The maximum absolute atomic E-state index is 13.6. The first-order chi connectivity index (χ1) is 15.4. The van der Waals surface area contributed by atoms with E-state index in [0.29, 0.717) is 18.2 Å². The Balaban J connectivity index is 1.21. The molecule has 32 heavy (non-hydrogen) atoms. The van der Waals surface area contributed by atoms with Gasteiger partial charge in [-0.3, -0.25) is 9.48 Å². The summed E-state index contributed by atoms with van der Waals surface area (Å²) in [6.45, 7) is 7.03. The summed E-state index contributed by atoms with van der Waals surface area (Å²) in [5.41, 5.74) is 2.46. The first kappa shape index (κ1) is 20.6. The normalized spacial score (nSPS) is 38.9. The maximum Gasteiger partial charge on any atom is 0.157 e. The van der Waals surface area contributed by atoms with Crippen molar-refractivity contribution in [1.29, 1.82) is 0 Å². The number of hydrogen-bond donors (Lipinski definition) is 0. The Bertz CT molecular complexity index is 1070. The van der Waals surface area contributed by atoms with Crippen LogP contribution in [-0.2, 0) is 11.3 Å². The number of carbonyl (C=O) groups is 1. The van der Waals surface area contributed by atoms with Crippen molar-refractivity contribution < 1.29 is 9.18 Å². The molecule has 7 atom stereocenters. The van der Waals surface area contributed by atoms with Crippen molar-refractivity contribution in [2.24, 2.45) is 40.9 Å². The number of nitrogens with zero attached hydrogens (tertiary/aromatic N) is 2. The zero-order valence-electron chi connectivity index (χ0n) is 19.2. The van der Waals surface area contributed by atoms with Crippen LogP contribution in [0.3, 0.4) is 0 Å². The van der Waals surface area contributed by atoms with Crippen LogP contribution in [-0.4, -0.2) is 15.6 Å². The van der Waals surface area contributed by atoms with Crippen molar-refractivity contribution in [3.63, 3.8) is 0 Å². The van der Waals surface area contributed by atoms with Gasteiger partial charge < -0.3 is 0 Å². The Morgan fingerprint density at radius 3 is 2.91 bits per heavy atom. The highest BCUT2D eigenvalue weighted by atomic mass is 19.1. The molecule has 170 valence electrons. The highest BCUT2D eigenvalue weighted by molar-refractivity contribution is 5.85. The van der Waals surface area contributed by atoms with Gasteiger partial charge in [-0.15, -0.1) is 0 Å². The van der Waals surface area contributed by atoms with Crippen LogP contribution < -0.4 is 0 Å². The minimum Gasteiger partial charge on any atom is -0.297 e. The van der Waals surface area contributed by atoms with Crippen LogP contribution in [0.4, 0.5) is 4.39 Å². The molecule has 6 rings (SSSR count). The molecule has 2 unspecified atom stereocenters. The fraction of sp³-hybridized carbons (Fsp3) is 0.643. The molecule has 1 aromatic heterocycles. The Kier molecular flexibility index (Phi) is 4.85. The molecule has 0 amide bonds. The molecule has 2 aromatic rings. The monoisotopic (exact) mass is 434 g/mol. The van der Waals surface area contributed by atoms with E-state index in [9.17, 15) is 9.18 Å². The minimum absolute atomic E-state index is 0.136. The third kappa shape index (κ3) is 3.12. The van der Waals surface area contributed by atoms with E-state index in [1.807, 2.05) is 0 Å². The average molecular weight is 435 g/mol. The van der Waals surface area contributed by atoms with Crippen LogP contribution in [0.25, 0.3) is 10.9 Å². The van der Waals surface area contributed by atoms with Crippen molar-refractivity contribution in [3.05, 3.63) is 42.4 Å². The zero-order valence-corrected chi connectivity index (χ0v) is 19.2. The first-order valence-electron chi connectivity index (χ1n) is 12.7. The van der Waals surface area contributed by atoms with Crippen LogP contribution >= 0.6 is 0 Å². The molecule has 0 N–H and O–H groups in total. The average Bonchev–Trinajstić information content (AvgIpc) is 3.33. The van der Waals surface area contributed by atoms with E-state index < -0.39 is 0 Å². The van der Waals surface area contributed by atoms with Gasteiger partial charge in [0.15, 0.2) is 5.78 Å². The zero-order chi connectivity index (χ0) is 22.0. The number of allylic oxidation sites excluding steroid dienone is 1. The maximum atomic E-state index is 13.6. The largest absolute Gasteiger partial charge is 0.297 e. The molecular weight excluding hydrogens is 399 g/mol. The van der Waals surface area contributed by atoms with E-state index in [0.717, 1.165) is 41.0 Å². The second kappa shape index (κ2) is 7.53. The predicted molar refractivity (Wildman–Crippen MR) is 124 cm³/mol. The number of ketones is 1. The van der Waals surface area contributed by atoms with Crippen LogP contribution in [0.15, 0.2) is 36.5 Å². The Morgan fingerprint density at radius 1 is 1.16 bits per heavy atom. The van der Waals surface area contributed by atoms with Crippen LogP contribution in [0.5, 0.6) is 0 Å². The molecule has 4 heteroatoms. The van der Waals surface area contributed by atoms with Gasteiger partial charge in [-0.1, -0.05) is 19.1 Å². The molecule has 1 aromatic carbocycles. The van der Waals surface area contributed by atoms with Gasteiger partial charge in [-0.05, 0) is 111 Å². The summed E-state index contributed by atoms with van der Waals surface area (Å²) in [5.74, 6) is 4.36. The molecule has 0 bridgehead atoms. The topological polar surface area (TPSA) is 34.9 Å². The van der Waals surface area contributed by atoms with Gasteiger partial charge in [-0.2, -0.15) is 5.10 Å². The van der Waals surface area contributed by atoms with Crippen molar-refractivity contribution in [1.82, 2.24) is 9.78 Å². The number of halogens is 1. The van der Waals surface area contributed by atoms with Crippen molar-refractivity contribution in [2.75, 3.05) is 0 Å². The molecule has 0 aliphatic heterocycles. The van der Waals surface area contributed by atoms with Gasteiger partial charge in [0.1, 0.15) is 12.4 Å². The lowest BCUT2D eigenvalue weighted by Gasteiger charge is -2.55. The summed E-state index contributed by atoms with van der Waals surface area (Å²) >= 11 is 0. The second-order valence-corrected chi connectivity index (χ2v) is 11.6. The summed E-state index contributed by atoms with van der Waals surface area (Å²) in [6, 6.07) is 4.69. The fourth-order valence-corrected chi connectivity index (χ4v) is 8.75. The summed E-state index contributed by atoms with van der Waals surface area (Å²) < 4.78 is 15.3. The molecule has 4 aliphatic carbocycles. The summed E-state index contributed by atoms with van der Waals surface area (Å²) in [7, 11) is 0. The third-order valence-corrected chi connectivity index (χ3v) is 10.2. The van der Waals surface area contributed by atoms with Gasteiger partial charge in [0, 0.05) is 11.3 Å². The minimum atomic E-state index is -0.261. The van der Waals surface area contributed by atoms with Crippen molar-refractivity contribution in [2.45, 2.75) is 71.3 Å². The molecule has 1 heterocycles. The Hall–Kier alpha value is -1.97. The van der Waals surface area contributed by atoms with Crippen LogP contribution in [0.1, 0.15) is 64.7 Å². The second-order valence-electron chi connectivity index (χ2n) is 11.6. The Labute approximate surface area is 190 Å². The molecule has 4 saturated carbocycles. The predicted octanol–water partition coefficient (Wildman–Crippen LogP) is 6.57. The van der Waals surface area contributed by atoms with Crippen molar-refractivity contribution in [3.8, 4) is 0 Å². The van der Waals surface area contributed by atoms with Gasteiger partial charge in [-0.25, -0.2) is 4.39 Å². The van der Waals surface area contributed by atoms with E-state index in [4.69, 9.17) is 0 Å². The number of hydrogen-bond acceptors (Lipinski definition) is 2. The van der Waals surface area contributed by atoms with E-state index in [1.54, 1.807) is 16.9 Å². The van der Waals surface area contributed by atoms with E-state index >= 15 is 0 Å². The standard InChI is InChI=1S/C28H35FN2O/c1-17-3-6-21-18(13-17)4-7-23-22(21)11-12-28(2)24(23)8-9-25(28)27(32)16-31-26-10-5-20(29)14-19(26)15-30-31/h5,10,14-15,18,21-25H,1,3-4,6-9,11-13,16H2,2H3/t18-,21+,22?,23-,24?,25-,28+/m1/s1. The van der Waals surface area contributed by atoms with E-state index in [-0.39, 0.29) is 17.2 Å². The highest BCUT2D eigenvalue weighted by Crippen LogP contribution is 2.64. The number of rotatable bonds is 3. The molecule has 4 aliphatic rings. The van der Waals surface area contributed by atoms with Gasteiger partial charge in [0.25, 0.3) is 0 Å². The van der Waals surface area contributed by atoms with Gasteiger partial charge in [0.2, 0.25) is 0 Å². The molecular formula is C28H35FN2O. The number of fused-ring (bicyclic) bond motifs is 6. The molecule has 4 fully saturated rings.